The van der Waals surface area contributed by atoms with Gasteiger partial charge in [-0.2, -0.15) is 4.73 Å². The Hall–Kier alpha value is -3.54. The summed E-state index contributed by atoms with van der Waals surface area (Å²) < 4.78 is 15.3. The van der Waals surface area contributed by atoms with E-state index < -0.39 is 11.7 Å². The molecule has 1 aliphatic rings. The fourth-order valence-corrected chi connectivity index (χ4v) is 3.90. The molecule has 0 spiro atoms. The molecule has 0 aliphatic carbocycles. The molecule has 1 amide bonds. The smallest absolute Gasteiger partial charge is 0.259 e. The number of rotatable bonds is 4. The predicted octanol–water partition coefficient (Wildman–Crippen LogP) is 3.86. The van der Waals surface area contributed by atoms with Gasteiger partial charge in [0, 0.05) is 36.2 Å². The van der Waals surface area contributed by atoms with Crippen LogP contribution in [0.1, 0.15) is 33.6 Å². The summed E-state index contributed by atoms with van der Waals surface area (Å²) in [5.74, 6) is -1.28. The molecule has 0 radical (unpaired) electrons. The van der Waals surface area contributed by atoms with Crippen molar-refractivity contribution in [3.63, 3.8) is 0 Å². The largest absolute Gasteiger partial charge is 0.619 e. The van der Waals surface area contributed by atoms with Crippen molar-refractivity contribution >= 4 is 11.7 Å². The Kier molecular flexibility index (Phi) is 5.57. The Morgan fingerprint density at radius 1 is 1.03 bits per heavy atom. The minimum absolute atomic E-state index is 0.169. The van der Waals surface area contributed by atoms with E-state index in [-0.39, 0.29) is 18.2 Å². The number of ketones is 1. The Morgan fingerprint density at radius 2 is 1.83 bits per heavy atom. The summed E-state index contributed by atoms with van der Waals surface area (Å²) in [6.45, 7) is 0.783. The summed E-state index contributed by atoms with van der Waals surface area (Å²) in [7, 11) is 0. The lowest BCUT2D eigenvalue weighted by Crippen LogP contribution is -2.43. The van der Waals surface area contributed by atoms with Crippen molar-refractivity contribution in [3.05, 3.63) is 95.2 Å². The van der Waals surface area contributed by atoms with Gasteiger partial charge in [-0.15, -0.1) is 0 Å². The molecule has 0 unspecified atom stereocenters. The van der Waals surface area contributed by atoms with Crippen LogP contribution >= 0.6 is 0 Å². The van der Waals surface area contributed by atoms with Gasteiger partial charge in [-0.25, -0.2) is 4.39 Å². The van der Waals surface area contributed by atoms with E-state index in [1.165, 1.54) is 24.5 Å². The Labute approximate surface area is 174 Å². The fraction of sp³-hybridized carbons (Fsp3) is 0.208. The maximum absolute atomic E-state index is 14.7. The number of pyridine rings is 1. The SMILES string of the molecule is O=C(c1ccc(-c2ccccc2)c(F)c1)[C@@H]1CCCN(C(=O)c2ccc[n+]([O-])c2)C1. The van der Waals surface area contributed by atoms with Crippen LogP contribution in [0.5, 0.6) is 0 Å². The highest BCUT2D eigenvalue weighted by molar-refractivity contribution is 5.99. The van der Waals surface area contributed by atoms with Crippen molar-refractivity contribution in [1.82, 2.24) is 4.90 Å². The number of hydrogen-bond acceptors (Lipinski definition) is 3. The van der Waals surface area contributed by atoms with Crippen LogP contribution in [0.4, 0.5) is 4.39 Å². The van der Waals surface area contributed by atoms with Gasteiger partial charge in [0.05, 0.1) is 0 Å². The zero-order valence-corrected chi connectivity index (χ0v) is 16.3. The number of likely N-dealkylation sites (tertiary alicyclic amines) is 1. The summed E-state index contributed by atoms with van der Waals surface area (Å²) in [5.41, 5.74) is 1.80. The van der Waals surface area contributed by atoms with E-state index >= 15 is 0 Å². The number of nitrogens with zero attached hydrogens (tertiary/aromatic N) is 2. The van der Waals surface area contributed by atoms with Crippen LogP contribution in [0.15, 0.2) is 73.1 Å². The highest BCUT2D eigenvalue weighted by atomic mass is 19.1. The number of hydrogen-bond donors (Lipinski definition) is 0. The quantitative estimate of drug-likeness (QED) is 0.377. The minimum atomic E-state index is -0.444. The standard InChI is InChI=1S/C24H21FN2O3/c25-22-14-18(10-11-21(22)17-6-2-1-3-7-17)23(28)19-8-4-12-26(15-19)24(29)20-9-5-13-27(30)16-20/h1-3,5-7,9-11,13-14,16,19H,4,8,12,15H2/t19-/m1/s1. The first-order chi connectivity index (χ1) is 14.5. The number of aromatic nitrogens is 1. The van der Waals surface area contributed by atoms with Gasteiger partial charge < -0.3 is 10.1 Å². The van der Waals surface area contributed by atoms with Crippen molar-refractivity contribution in [2.45, 2.75) is 12.8 Å². The highest BCUT2D eigenvalue weighted by Crippen LogP contribution is 2.27. The molecule has 0 N–H and O–H groups in total. The second kappa shape index (κ2) is 8.45. The molecule has 5 nitrogen and oxygen atoms in total. The first-order valence-electron chi connectivity index (χ1n) is 9.90. The average Bonchev–Trinajstić information content (AvgIpc) is 2.78. The molecule has 0 saturated carbocycles. The third-order valence-corrected chi connectivity index (χ3v) is 5.44. The predicted molar refractivity (Wildman–Crippen MR) is 110 cm³/mol. The van der Waals surface area contributed by atoms with Gasteiger partial charge in [0.15, 0.2) is 18.2 Å². The van der Waals surface area contributed by atoms with E-state index in [1.807, 2.05) is 30.3 Å². The Bertz CT molecular complexity index is 1080. The average molecular weight is 404 g/mol. The van der Waals surface area contributed by atoms with Crippen LogP contribution in [-0.2, 0) is 0 Å². The molecule has 2 heterocycles. The first-order valence-corrected chi connectivity index (χ1v) is 9.90. The van der Waals surface area contributed by atoms with Crippen molar-refractivity contribution in [1.29, 1.82) is 0 Å². The number of carbonyl (C=O) groups is 2. The number of Topliss-reactive ketones (excluding diaryl/α,β-unsaturated/α-hetero) is 1. The van der Waals surface area contributed by atoms with E-state index in [9.17, 15) is 19.2 Å². The number of benzene rings is 2. The van der Waals surface area contributed by atoms with E-state index in [0.29, 0.717) is 40.8 Å². The second-order valence-corrected chi connectivity index (χ2v) is 7.47. The second-order valence-electron chi connectivity index (χ2n) is 7.47. The number of piperidine rings is 1. The third kappa shape index (κ3) is 4.08. The van der Waals surface area contributed by atoms with Gasteiger partial charge in [0.1, 0.15) is 11.4 Å². The summed E-state index contributed by atoms with van der Waals surface area (Å²) in [5, 5.41) is 11.5. The number of halogens is 1. The molecule has 1 fully saturated rings. The molecule has 0 bridgehead atoms. The van der Waals surface area contributed by atoms with Gasteiger partial charge in [-0.05, 0) is 30.5 Å². The molecule has 2 aromatic carbocycles. The summed E-state index contributed by atoms with van der Waals surface area (Å²) in [6, 6.07) is 16.8. The van der Waals surface area contributed by atoms with Gasteiger partial charge >= 0.3 is 0 Å². The van der Waals surface area contributed by atoms with E-state index in [1.54, 1.807) is 23.1 Å². The zero-order chi connectivity index (χ0) is 21.1. The lowest BCUT2D eigenvalue weighted by atomic mass is 9.89. The van der Waals surface area contributed by atoms with Crippen molar-refractivity contribution in [2.24, 2.45) is 5.92 Å². The summed E-state index contributed by atoms with van der Waals surface area (Å²) >= 11 is 0. The van der Waals surface area contributed by atoms with Crippen LogP contribution in [-0.4, -0.2) is 29.7 Å². The van der Waals surface area contributed by atoms with E-state index in [2.05, 4.69) is 0 Å². The van der Waals surface area contributed by atoms with Gasteiger partial charge in [0.25, 0.3) is 5.91 Å². The molecule has 1 aromatic heterocycles. The molecule has 3 aromatic rings. The summed E-state index contributed by atoms with van der Waals surface area (Å²) in [6.07, 6.45) is 3.86. The van der Waals surface area contributed by atoms with E-state index in [0.717, 1.165) is 5.56 Å². The lowest BCUT2D eigenvalue weighted by Gasteiger charge is -2.32. The van der Waals surface area contributed by atoms with Crippen molar-refractivity contribution in [3.8, 4) is 11.1 Å². The van der Waals surface area contributed by atoms with Crippen LogP contribution in [0.2, 0.25) is 0 Å². The first kappa shape index (κ1) is 19.8. The monoisotopic (exact) mass is 404 g/mol. The topological polar surface area (TPSA) is 64.3 Å². The number of carbonyl (C=O) groups excluding carboxylic acids is 2. The molecular weight excluding hydrogens is 383 g/mol. The number of amides is 1. The van der Waals surface area contributed by atoms with E-state index in [4.69, 9.17) is 0 Å². The van der Waals surface area contributed by atoms with Crippen LogP contribution in [0.3, 0.4) is 0 Å². The molecule has 30 heavy (non-hydrogen) atoms. The van der Waals surface area contributed by atoms with Gasteiger partial charge in [-0.3, -0.25) is 9.59 Å². The minimum Gasteiger partial charge on any atom is -0.619 e. The van der Waals surface area contributed by atoms with Crippen molar-refractivity contribution < 1.29 is 18.7 Å². The van der Waals surface area contributed by atoms with Crippen LogP contribution in [0, 0.1) is 16.9 Å². The van der Waals surface area contributed by atoms with Crippen LogP contribution in [0.25, 0.3) is 11.1 Å². The van der Waals surface area contributed by atoms with Gasteiger partial charge in [-0.1, -0.05) is 42.5 Å². The zero-order valence-electron chi connectivity index (χ0n) is 16.3. The maximum atomic E-state index is 14.7. The molecule has 1 atom stereocenters. The van der Waals surface area contributed by atoms with Gasteiger partial charge in [0.2, 0.25) is 0 Å². The molecule has 1 aliphatic heterocycles. The molecule has 6 heteroatoms. The molecule has 4 rings (SSSR count). The molecular formula is C24H21FN2O3. The molecule has 152 valence electrons. The normalized spacial score (nSPS) is 16.3. The maximum Gasteiger partial charge on any atom is 0.259 e. The fourth-order valence-electron chi connectivity index (χ4n) is 3.90. The van der Waals surface area contributed by atoms with Crippen LogP contribution < -0.4 is 4.73 Å². The molecule has 1 saturated heterocycles. The third-order valence-electron chi connectivity index (χ3n) is 5.44. The lowest BCUT2D eigenvalue weighted by molar-refractivity contribution is -0.605. The van der Waals surface area contributed by atoms with Crippen molar-refractivity contribution in [2.75, 3.05) is 13.1 Å². The Morgan fingerprint density at radius 3 is 2.57 bits per heavy atom. The Balaban J connectivity index is 1.50. The highest BCUT2D eigenvalue weighted by Gasteiger charge is 2.30. The summed E-state index contributed by atoms with van der Waals surface area (Å²) in [4.78, 5) is 27.3.